The van der Waals surface area contributed by atoms with Gasteiger partial charge in [0.15, 0.2) is 0 Å². The molecule has 19 heavy (non-hydrogen) atoms. The van der Waals surface area contributed by atoms with Gasteiger partial charge in [0.1, 0.15) is 0 Å². The van der Waals surface area contributed by atoms with Gasteiger partial charge in [-0.05, 0) is 43.7 Å². The van der Waals surface area contributed by atoms with Crippen molar-refractivity contribution in [3.63, 3.8) is 0 Å². The normalized spacial score (nSPS) is 11.0. The molecule has 0 aromatic heterocycles. The summed E-state index contributed by atoms with van der Waals surface area (Å²) in [5.41, 5.74) is 2.27. The van der Waals surface area contributed by atoms with Crippen molar-refractivity contribution in [2.24, 2.45) is 0 Å². The van der Waals surface area contributed by atoms with Gasteiger partial charge in [0.05, 0.1) is 9.79 Å². The molecule has 0 saturated heterocycles. The van der Waals surface area contributed by atoms with Crippen molar-refractivity contribution in [1.29, 1.82) is 0 Å². The molecule has 0 amide bonds. The van der Waals surface area contributed by atoms with Crippen LogP contribution in [0.4, 0.5) is 0 Å². The van der Waals surface area contributed by atoms with Crippen LogP contribution in [0.1, 0.15) is 16.7 Å². The molecule has 0 bridgehead atoms. The molecule has 2 aromatic rings. The fourth-order valence-electron chi connectivity index (χ4n) is 1.82. The number of rotatable bonds is 2. The highest BCUT2D eigenvalue weighted by atomic mass is 32.2. The van der Waals surface area contributed by atoms with Crippen molar-refractivity contribution in [2.45, 2.75) is 23.6 Å². The van der Waals surface area contributed by atoms with E-state index in [9.17, 15) is 8.42 Å². The second kappa shape index (κ2) is 4.91. The molecule has 0 radical (unpaired) electrons. The fourth-order valence-corrected chi connectivity index (χ4v) is 3.32. The summed E-state index contributed by atoms with van der Waals surface area (Å²) in [6, 6.07) is 11.8. The molecule has 96 valence electrons. The van der Waals surface area contributed by atoms with Gasteiger partial charge in [-0.3, -0.25) is 0 Å². The van der Waals surface area contributed by atoms with E-state index in [2.05, 4.69) is 5.92 Å². The lowest BCUT2D eigenvalue weighted by atomic mass is 10.2. The highest BCUT2D eigenvalue weighted by Gasteiger charge is 2.20. The van der Waals surface area contributed by atoms with E-state index in [0.29, 0.717) is 5.56 Å². The molecule has 0 unspecified atom stereocenters. The van der Waals surface area contributed by atoms with Crippen LogP contribution in [-0.2, 0) is 9.84 Å². The standard InChI is InChI=1S/C16H14O2S/c1-4-14-8-5-13(3)11-16(14)19(17,18)15-9-6-12(2)7-10-15/h1,5-11H,2-3H3. The van der Waals surface area contributed by atoms with Crippen LogP contribution in [0.2, 0.25) is 0 Å². The molecule has 0 atom stereocenters. The Bertz CT molecular complexity index is 748. The molecule has 3 heteroatoms. The smallest absolute Gasteiger partial charge is 0.207 e. The molecule has 2 rings (SSSR count). The Morgan fingerprint density at radius 1 is 0.947 bits per heavy atom. The van der Waals surface area contributed by atoms with Crippen molar-refractivity contribution in [3.8, 4) is 12.3 Å². The Labute approximate surface area is 114 Å². The molecule has 0 heterocycles. The number of aryl methyl sites for hydroxylation is 2. The van der Waals surface area contributed by atoms with Crippen molar-refractivity contribution >= 4 is 9.84 Å². The predicted octanol–water partition coefficient (Wildman–Crippen LogP) is 3.12. The Kier molecular flexibility index (Phi) is 3.46. The van der Waals surface area contributed by atoms with Crippen LogP contribution in [0.5, 0.6) is 0 Å². The van der Waals surface area contributed by atoms with Crippen LogP contribution in [0, 0.1) is 26.2 Å². The van der Waals surface area contributed by atoms with Gasteiger partial charge in [-0.1, -0.05) is 29.7 Å². The van der Waals surface area contributed by atoms with Gasteiger partial charge in [0.2, 0.25) is 9.84 Å². The van der Waals surface area contributed by atoms with Crippen molar-refractivity contribution < 1.29 is 8.42 Å². The first-order chi connectivity index (χ1) is 8.95. The molecule has 0 saturated carbocycles. The molecule has 0 fully saturated rings. The minimum absolute atomic E-state index is 0.193. The van der Waals surface area contributed by atoms with Crippen LogP contribution in [0.3, 0.4) is 0 Å². The quantitative estimate of drug-likeness (QED) is 0.786. The van der Waals surface area contributed by atoms with Gasteiger partial charge in [0.25, 0.3) is 0 Å². The largest absolute Gasteiger partial charge is 0.218 e. The van der Waals surface area contributed by atoms with Gasteiger partial charge < -0.3 is 0 Å². The maximum Gasteiger partial charge on any atom is 0.207 e. The summed E-state index contributed by atoms with van der Waals surface area (Å²) in [6.07, 6.45) is 5.39. The van der Waals surface area contributed by atoms with E-state index in [1.54, 1.807) is 36.4 Å². The molecule has 0 aliphatic heterocycles. The van der Waals surface area contributed by atoms with Crippen LogP contribution in [0.25, 0.3) is 0 Å². The van der Waals surface area contributed by atoms with E-state index < -0.39 is 9.84 Å². The first-order valence-corrected chi connectivity index (χ1v) is 7.32. The van der Waals surface area contributed by atoms with Gasteiger partial charge in [-0.15, -0.1) is 6.42 Å². The van der Waals surface area contributed by atoms with Crippen molar-refractivity contribution in [1.82, 2.24) is 0 Å². The molecule has 0 spiro atoms. The summed E-state index contributed by atoms with van der Waals surface area (Å²) in [6.45, 7) is 3.75. The zero-order chi connectivity index (χ0) is 14.0. The molecule has 2 aromatic carbocycles. The number of hydrogen-bond acceptors (Lipinski definition) is 2. The summed E-state index contributed by atoms with van der Waals surface area (Å²) >= 11 is 0. The predicted molar refractivity (Wildman–Crippen MR) is 75.7 cm³/mol. The Hall–Kier alpha value is -2.05. The lowest BCUT2D eigenvalue weighted by Gasteiger charge is -2.08. The van der Waals surface area contributed by atoms with E-state index in [1.807, 2.05) is 19.9 Å². The number of sulfone groups is 1. The van der Waals surface area contributed by atoms with Gasteiger partial charge in [-0.2, -0.15) is 0 Å². The summed E-state index contributed by atoms with van der Waals surface area (Å²) < 4.78 is 25.2. The molecule has 0 aliphatic carbocycles. The van der Waals surface area contributed by atoms with Gasteiger partial charge >= 0.3 is 0 Å². The SMILES string of the molecule is C#Cc1ccc(C)cc1S(=O)(=O)c1ccc(C)cc1. The van der Waals surface area contributed by atoms with E-state index in [0.717, 1.165) is 11.1 Å². The van der Waals surface area contributed by atoms with Crippen LogP contribution in [0.15, 0.2) is 52.3 Å². The third-order valence-corrected chi connectivity index (χ3v) is 4.72. The van der Waals surface area contributed by atoms with Crippen molar-refractivity contribution in [2.75, 3.05) is 0 Å². The monoisotopic (exact) mass is 270 g/mol. The van der Waals surface area contributed by atoms with E-state index in [4.69, 9.17) is 6.42 Å². The van der Waals surface area contributed by atoms with Gasteiger partial charge in [0, 0.05) is 5.56 Å². The maximum absolute atomic E-state index is 12.6. The lowest BCUT2D eigenvalue weighted by Crippen LogP contribution is -2.05. The Balaban J connectivity index is 2.67. The number of benzene rings is 2. The third kappa shape index (κ3) is 2.54. The molecular weight excluding hydrogens is 256 g/mol. The number of terminal acetylenes is 1. The highest BCUT2D eigenvalue weighted by molar-refractivity contribution is 7.91. The highest BCUT2D eigenvalue weighted by Crippen LogP contribution is 2.25. The summed E-state index contributed by atoms with van der Waals surface area (Å²) in [5.74, 6) is 2.43. The minimum Gasteiger partial charge on any atom is -0.218 e. The van der Waals surface area contributed by atoms with E-state index >= 15 is 0 Å². The zero-order valence-corrected chi connectivity index (χ0v) is 11.7. The molecule has 2 nitrogen and oxygen atoms in total. The molecule has 0 N–H and O–H groups in total. The summed E-state index contributed by atoms with van der Waals surface area (Å²) in [5, 5.41) is 0. The first kappa shape index (κ1) is 13.4. The van der Waals surface area contributed by atoms with E-state index in [-0.39, 0.29) is 9.79 Å². The molecular formula is C16H14O2S. The first-order valence-electron chi connectivity index (χ1n) is 5.84. The average molecular weight is 270 g/mol. The third-order valence-electron chi connectivity index (χ3n) is 2.91. The molecule has 0 aliphatic rings. The lowest BCUT2D eigenvalue weighted by molar-refractivity contribution is 0.596. The van der Waals surface area contributed by atoms with Gasteiger partial charge in [-0.25, -0.2) is 8.42 Å². The summed E-state index contributed by atoms with van der Waals surface area (Å²) in [4.78, 5) is 0.457. The maximum atomic E-state index is 12.6. The Morgan fingerprint density at radius 3 is 2.11 bits per heavy atom. The van der Waals surface area contributed by atoms with Crippen LogP contribution < -0.4 is 0 Å². The summed E-state index contributed by atoms with van der Waals surface area (Å²) in [7, 11) is -3.56. The Morgan fingerprint density at radius 2 is 1.53 bits per heavy atom. The second-order valence-corrected chi connectivity index (χ2v) is 6.38. The number of hydrogen-bond donors (Lipinski definition) is 0. The fraction of sp³-hybridized carbons (Fsp3) is 0.125. The zero-order valence-electron chi connectivity index (χ0n) is 10.8. The van der Waals surface area contributed by atoms with E-state index in [1.165, 1.54) is 0 Å². The topological polar surface area (TPSA) is 34.1 Å². The average Bonchev–Trinajstić information content (AvgIpc) is 2.39. The van der Waals surface area contributed by atoms with Crippen molar-refractivity contribution in [3.05, 3.63) is 59.2 Å². The van der Waals surface area contributed by atoms with Crippen LogP contribution >= 0.6 is 0 Å². The van der Waals surface area contributed by atoms with Crippen LogP contribution in [-0.4, -0.2) is 8.42 Å². The second-order valence-electron chi connectivity index (χ2n) is 4.46. The minimum atomic E-state index is -3.56.